The maximum Gasteiger partial charge on any atom is 0.246 e. The minimum absolute atomic E-state index is 0.175. The van der Waals surface area contributed by atoms with E-state index in [-0.39, 0.29) is 10.9 Å². The van der Waals surface area contributed by atoms with Gasteiger partial charge in [0.05, 0.1) is 10.7 Å². The van der Waals surface area contributed by atoms with E-state index < -0.39 is 11.9 Å². The molecule has 2 aromatic carbocycles. The third-order valence-electron chi connectivity index (χ3n) is 5.32. The van der Waals surface area contributed by atoms with Crippen LogP contribution in [0.1, 0.15) is 19.4 Å². The number of halogens is 2. The summed E-state index contributed by atoms with van der Waals surface area (Å²) in [5.41, 5.74) is 3.69. The Kier molecular flexibility index (Phi) is 6.98. The number of piperazine rings is 1. The van der Waals surface area contributed by atoms with Gasteiger partial charge in [-0.2, -0.15) is 0 Å². The van der Waals surface area contributed by atoms with Crippen molar-refractivity contribution in [2.45, 2.75) is 26.8 Å². The van der Waals surface area contributed by atoms with Crippen molar-refractivity contribution in [1.82, 2.24) is 4.90 Å². The molecule has 0 saturated carbocycles. The van der Waals surface area contributed by atoms with E-state index in [1.54, 1.807) is 6.92 Å². The summed E-state index contributed by atoms with van der Waals surface area (Å²) in [5, 5.41) is 6.13. The van der Waals surface area contributed by atoms with Gasteiger partial charge < -0.3 is 20.4 Å². The van der Waals surface area contributed by atoms with E-state index >= 15 is 0 Å². The molecule has 0 unspecified atom stereocenters. The number of carbonyl (C=O) groups is 1. The predicted molar refractivity (Wildman–Crippen MR) is 119 cm³/mol. The summed E-state index contributed by atoms with van der Waals surface area (Å²) < 4.78 is 13.2. The van der Waals surface area contributed by atoms with Crippen LogP contribution in [0.4, 0.5) is 21.5 Å². The summed E-state index contributed by atoms with van der Waals surface area (Å²) in [7, 11) is 0. The first-order valence-corrected chi connectivity index (χ1v) is 10.4. The van der Waals surface area contributed by atoms with E-state index in [1.165, 1.54) is 29.4 Å². The number of rotatable bonds is 6. The predicted octanol–water partition coefficient (Wildman–Crippen LogP) is 4.37. The molecule has 1 saturated heterocycles. The minimum Gasteiger partial charge on any atom is -0.374 e. The summed E-state index contributed by atoms with van der Waals surface area (Å²) in [6.07, 6.45) is 0. The zero-order chi connectivity index (χ0) is 21.0. The van der Waals surface area contributed by atoms with Crippen molar-refractivity contribution in [3.8, 4) is 0 Å². The summed E-state index contributed by atoms with van der Waals surface area (Å²) in [6.45, 7) is 11.4. The number of hydrogen-bond donors (Lipinski definition) is 2. The molecule has 2 aromatic rings. The second kappa shape index (κ2) is 9.46. The van der Waals surface area contributed by atoms with E-state index in [1.807, 2.05) is 6.07 Å². The van der Waals surface area contributed by atoms with E-state index in [0.717, 1.165) is 38.4 Å². The fourth-order valence-corrected chi connectivity index (χ4v) is 3.77. The Hall–Kier alpha value is -2.31. The van der Waals surface area contributed by atoms with Crippen molar-refractivity contribution in [3.63, 3.8) is 0 Å². The number of amides is 1. The molecule has 2 N–H and O–H groups in total. The van der Waals surface area contributed by atoms with Gasteiger partial charge in [-0.25, -0.2) is 4.39 Å². The van der Waals surface area contributed by atoms with Crippen molar-refractivity contribution < 1.29 is 9.18 Å². The SMILES string of the molecule is CCN1CCN(c2ccc(N[C@H](C)C(=O)Nc3ccc(F)cc3Cl)cc2C)CC1. The van der Waals surface area contributed by atoms with E-state index in [0.29, 0.717) is 5.69 Å². The highest BCUT2D eigenvalue weighted by atomic mass is 35.5. The maximum absolute atomic E-state index is 13.2. The number of carbonyl (C=O) groups excluding carboxylic acids is 1. The third-order valence-corrected chi connectivity index (χ3v) is 5.64. The Morgan fingerprint density at radius 1 is 1.17 bits per heavy atom. The normalized spacial score (nSPS) is 15.8. The zero-order valence-corrected chi connectivity index (χ0v) is 17.9. The first kappa shape index (κ1) is 21.4. The molecule has 1 aliphatic rings. The molecule has 0 aliphatic carbocycles. The van der Waals surface area contributed by atoms with Crippen molar-refractivity contribution >= 4 is 34.6 Å². The average molecular weight is 419 g/mol. The van der Waals surface area contributed by atoms with Gasteiger partial charge in [0.1, 0.15) is 11.9 Å². The van der Waals surface area contributed by atoms with Crippen LogP contribution in [0.25, 0.3) is 0 Å². The van der Waals surface area contributed by atoms with Crippen LogP contribution < -0.4 is 15.5 Å². The molecule has 0 bridgehead atoms. The quantitative estimate of drug-likeness (QED) is 0.731. The van der Waals surface area contributed by atoms with Crippen molar-refractivity contribution in [1.29, 1.82) is 0 Å². The topological polar surface area (TPSA) is 47.6 Å². The Labute approximate surface area is 176 Å². The molecular formula is C22H28ClFN4O. The van der Waals surface area contributed by atoms with Crippen LogP contribution in [0.5, 0.6) is 0 Å². The van der Waals surface area contributed by atoms with Crippen molar-refractivity contribution in [3.05, 3.63) is 52.8 Å². The Balaban J connectivity index is 1.61. The molecule has 1 atom stereocenters. The lowest BCUT2D eigenvalue weighted by Crippen LogP contribution is -2.46. The van der Waals surface area contributed by atoms with Gasteiger partial charge >= 0.3 is 0 Å². The molecule has 1 amide bonds. The van der Waals surface area contributed by atoms with Crippen LogP contribution in [0.15, 0.2) is 36.4 Å². The molecule has 29 heavy (non-hydrogen) atoms. The van der Waals surface area contributed by atoms with Gasteiger partial charge in [0.2, 0.25) is 5.91 Å². The molecule has 0 aromatic heterocycles. The van der Waals surface area contributed by atoms with Crippen LogP contribution >= 0.6 is 11.6 Å². The van der Waals surface area contributed by atoms with Crippen LogP contribution in [0, 0.1) is 12.7 Å². The van der Waals surface area contributed by atoms with Gasteiger partial charge in [-0.3, -0.25) is 4.79 Å². The molecular weight excluding hydrogens is 391 g/mol. The first-order valence-electron chi connectivity index (χ1n) is 9.97. The maximum atomic E-state index is 13.2. The number of nitrogens with one attached hydrogen (secondary N) is 2. The molecule has 7 heteroatoms. The standard InChI is InChI=1S/C22H28ClFN4O/c1-4-27-9-11-28(12-10-27)21-8-6-18(13-15(21)2)25-16(3)22(29)26-20-7-5-17(24)14-19(20)23/h5-8,13-14,16,25H,4,9-12H2,1-3H3,(H,26,29)/t16-/m1/s1. The molecule has 1 heterocycles. The van der Waals surface area contributed by atoms with Gasteiger partial charge in [0.25, 0.3) is 0 Å². The molecule has 5 nitrogen and oxygen atoms in total. The average Bonchev–Trinajstić information content (AvgIpc) is 2.70. The second-order valence-corrected chi connectivity index (χ2v) is 7.81. The summed E-state index contributed by atoms with van der Waals surface area (Å²) >= 11 is 5.99. The van der Waals surface area contributed by atoms with Gasteiger partial charge in [0, 0.05) is 37.6 Å². The molecule has 3 rings (SSSR count). The van der Waals surface area contributed by atoms with E-state index in [9.17, 15) is 9.18 Å². The number of anilines is 3. The Morgan fingerprint density at radius 2 is 1.90 bits per heavy atom. The van der Waals surface area contributed by atoms with Gasteiger partial charge in [-0.1, -0.05) is 18.5 Å². The van der Waals surface area contributed by atoms with Crippen molar-refractivity contribution in [2.75, 3.05) is 48.3 Å². The lowest BCUT2D eigenvalue weighted by Gasteiger charge is -2.36. The highest BCUT2D eigenvalue weighted by Gasteiger charge is 2.18. The van der Waals surface area contributed by atoms with Crippen LogP contribution in [0.3, 0.4) is 0 Å². The van der Waals surface area contributed by atoms with Crippen LogP contribution in [-0.4, -0.2) is 49.6 Å². The van der Waals surface area contributed by atoms with Gasteiger partial charge in [-0.15, -0.1) is 0 Å². The molecule has 1 fully saturated rings. The van der Waals surface area contributed by atoms with Crippen LogP contribution in [-0.2, 0) is 4.79 Å². The minimum atomic E-state index is -0.477. The lowest BCUT2D eigenvalue weighted by atomic mass is 10.1. The number of hydrogen-bond acceptors (Lipinski definition) is 4. The zero-order valence-electron chi connectivity index (χ0n) is 17.1. The fraction of sp³-hybridized carbons (Fsp3) is 0.409. The summed E-state index contributed by atoms with van der Waals surface area (Å²) in [6, 6.07) is 9.61. The number of nitrogens with zero attached hydrogens (tertiary/aromatic N) is 2. The monoisotopic (exact) mass is 418 g/mol. The fourth-order valence-electron chi connectivity index (χ4n) is 3.55. The Morgan fingerprint density at radius 3 is 2.52 bits per heavy atom. The smallest absolute Gasteiger partial charge is 0.246 e. The largest absolute Gasteiger partial charge is 0.374 e. The van der Waals surface area contributed by atoms with Gasteiger partial charge in [-0.05, 0) is 62.4 Å². The summed E-state index contributed by atoms with van der Waals surface area (Å²) in [4.78, 5) is 17.3. The van der Waals surface area contributed by atoms with E-state index in [2.05, 4.69) is 46.4 Å². The molecule has 0 spiro atoms. The van der Waals surface area contributed by atoms with Crippen molar-refractivity contribution in [2.24, 2.45) is 0 Å². The lowest BCUT2D eigenvalue weighted by molar-refractivity contribution is -0.116. The number of likely N-dealkylation sites (N-methyl/N-ethyl adjacent to an activating group) is 1. The number of benzene rings is 2. The number of aryl methyl sites for hydroxylation is 1. The second-order valence-electron chi connectivity index (χ2n) is 7.40. The van der Waals surface area contributed by atoms with Crippen LogP contribution in [0.2, 0.25) is 5.02 Å². The first-order chi connectivity index (χ1) is 13.9. The summed E-state index contributed by atoms with van der Waals surface area (Å²) in [5.74, 6) is -0.679. The Bertz CT molecular complexity index is 868. The molecule has 0 radical (unpaired) electrons. The molecule has 156 valence electrons. The molecule has 1 aliphatic heterocycles. The van der Waals surface area contributed by atoms with E-state index in [4.69, 9.17) is 11.6 Å². The highest BCUT2D eigenvalue weighted by molar-refractivity contribution is 6.33. The van der Waals surface area contributed by atoms with Gasteiger partial charge in [0.15, 0.2) is 0 Å². The third kappa shape index (κ3) is 5.40. The highest BCUT2D eigenvalue weighted by Crippen LogP contribution is 2.26.